The summed E-state index contributed by atoms with van der Waals surface area (Å²) in [5, 5.41) is 7.86. The maximum absolute atomic E-state index is 12.1. The highest BCUT2D eigenvalue weighted by molar-refractivity contribution is 5.98. The van der Waals surface area contributed by atoms with E-state index < -0.39 is 0 Å². The largest absolute Gasteiger partial charge is 0.294 e. The molecule has 0 atom stereocenters. The van der Waals surface area contributed by atoms with Crippen molar-refractivity contribution in [2.24, 2.45) is 0 Å². The Morgan fingerprint density at radius 2 is 2.06 bits per heavy atom. The van der Waals surface area contributed by atoms with Gasteiger partial charge in [0.15, 0.2) is 5.78 Å². The van der Waals surface area contributed by atoms with Crippen molar-refractivity contribution in [2.45, 2.75) is 20.3 Å². The molecule has 2 aromatic rings. The number of rotatable bonds is 3. The van der Waals surface area contributed by atoms with Gasteiger partial charge in [-0.3, -0.25) is 9.78 Å². The summed E-state index contributed by atoms with van der Waals surface area (Å²) in [6, 6.07) is 7.32. The fraction of sp³-hybridized carbons (Fsp3) is 0.231. The van der Waals surface area contributed by atoms with Crippen molar-refractivity contribution in [3.63, 3.8) is 0 Å². The average Bonchev–Trinajstić information content (AvgIpc) is 2.33. The van der Waals surface area contributed by atoms with E-state index in [1.54, 1.807) is 19.2 Å². The standard InChI is InChI=1S/C13H13N3O/c1-9-7-12(10(2)16-15-9)13(17)8-11-5-3-4-6-14-11/h3-7H,8H2,1-2H3. The number of aromatic nitrogens is 3. The van der Waals surface area contributed by atoms with E-state index in [0.717, 1.165) is 11.4 Å². The van der Waals surface area contributed by atoms with E-state index in [1.807, 2.05) is 25.1 Å². The van der Waals surface area contributed by atoms with Crippen LogP contribution in [-0.4, -0.2) is 21.0 Å². The summed E-state index contributed by atoms with van der Waals surface area (Å²) >= 11 is 0. The Morgan fingerprint density at radius 1 is 1.24 bits per heavy atom. The van der Waals surface area contributed by atoms with Crippen LogP contribution in [0.2, 0.25) is 0 Å². The van der Waals surface area contributed by atoms with Crippen LogP contribution in [0.3, 0.4) is 0 Å². The second kappa shape index (κ2) is 4.82. The molecule has 0 aromatic carbocycles. The zero-order valence-corrected chi connectivity index (χ0v) is 9.84. The zero-order valence-electron chi connectivity index (χ0n) is 9.84. The maximum Gasteiger partial charge on any atom is 0.170 e. The molecular formula is C13H13N3O. The predicted molar refractivity (Wildman–Crippen MR) is 63.8 cm³/mol. The average molecular weight is 227 g/mol. The molecule has 0 aliphatic carbocycles. The van der Waals surface area contributed by atoms with Crippen LogP contribution in [0.5, 0.6) is 0 Å². The monoisotopic (exact) mass is 227 g/mol. The van der Waals surface area contributed by atoms with E-state index in [9.17, 15) is 4.79 Å². The summed E-state index contributed by atoms with van der Waals surface area (Å²) in [5.74, 6) is 0.0270. The number of hydrogen-bond donors (Lipinski definition) is 0. The number of aryl methyl sites for hydroxylation is 2. The van der Waals surface area contributed by atoms with Gasteiger partial charge in [-0.05, 0) is 32.0 Å². The lowest BCUT2D eigenvalue weighted by molar-refractivity contribution is 0.0990. The van der Waals surface area contributed by atoms with Crippen LogP contribution < -0.4 is 0 Å². The normalized spacial score (nSPS) is 10.2. The molecule has 86 valence electrons. The number of nitrogens with zero attached hydrogens (tertiary/aromatic N) is 3. The minimum atomic E-state index is 0.0270. The first-order valence-corrected chi connectivity index (χ1v) is 5.41. The third kappa shape index (κ3) is 2.72. The van der Waals surface area contributed by atoms with Gasteiger partial charge in [0.25, 0.3) is 0 Å². The maximum atomic E-state index is 12.1. The summed E-state index contributed by atoms with van der Waals surface area (Å²) in [6.45, 7) is 3.61. The highest BCUT2D eigenvalue weighted by atomic mass is 16.1. The highest BCUT2D eigenvalue weighted by Gasteiger charge is 2.12. The number of Topliss-reactive ketones (excluding diaryl/α,β-unsaturated/α-hetero) is 1. The van der Waals surface area contributed by atoms with Crippen LogP contribution in [0.25, 0.3) is 0 Å². The summed E-state index contributed by atoms with van der Waals surface area (Å²) in [7, 11) is 0. The predicted octanol–water partition coefficient (Wildman–Crippen LogP) is 1.91. The molecule has 2 heterocycles. The van der Waals surface area contributed by atoms with Gasteiger partial charge in [0.05, 0.1) is 17.8 Å². The highest BCUT2D eigenvalue weighted by Crippen LogP contribution is 2.09. The van der Waals surface area contributed by atoms with Crippen molar-refractivity contribution < 1.29 is 4.79 Å². The Kier molecular flexibility index (Phi) is 3.23. The minimum Gasteiger partial charge on any atom is -0.294 e. The fourth-order valence-electron chi connectivity index (χ4n) is 1.59. The quantitative estimate of drug-likeness (QED) is 0.752. The van der Waals surface area contributed by atoms with Gasteiger partial charge < -0.3 is 0 Å². The minimum absolute atomic E-state index is 0.0270. The lowest BCUT2D eigenvalue weighted by Gasteiger charge is -2.04. The van der Waals surface area contributed by atoms with E-state index in [-0.39, 0.29) is 5.78 Å². The van der Waals surface area contributed by atoms with E-state index in [4.69, 9.17) is 0 Å². The van der Waals surface area contributed by atoms with Gasteiger partial charge in [-0.1, -0.05) is 6.07 Å². The van der Waals surface area contributed by atoms with Gasteiger partial charge >= 0.3 is 0 Å². The first-order chi connectivity index (χ1) is 8.16. The lowest BCUT2D eigenvalue weighted by atomic mass is 10.1. The number of hydrogen-bond acceptors (Lipinski definition) is 4. The van der Waals surface area contributed by atoms with Crippen molar-refractivity contribution >= 4 is 5.78 Å². The zero-order chi connectivity index (χ0) is 12.3. The molecule has 0 amide bonds. The third-order valence-corrected chi connectivity index (χ3v) is 2.47. The summed E-state index contributed by atoms with van der Waals surface area (Å²) in [4.78, 5) is 16.2. The van der Waals surface area contributed by atoms with Crippen LogP contribution in [0.4, 0.5) is 0 Å². The summed E-state index contributed by atoms with van der Waals surface area (Å²) < 4.78 is 0. The molecule has 0 bridgehead atoms. The first-order valence-electron chi connectivity index (χ1n) is 5.41. The summed E-state index contributed by atoms with van der Waals surface area (Å²) in [5.41, 5.74) is 2.81. The fourth-order valence-corrected chi connectivity index (χ4v) is 1.59. The Labute approximate surface area is 99.7 Å². The van der Waals surface area contributed by atoms with Gasteiger partial charge in [0.1, 0.15) is 0 Å². The van der Waals surface area contributed by atoms with Gasteiger partial charge in [0.2, 0.25) is 0 Å². The van der Waals surface area contributed by atoms with Crippen molar-refractivity contribution in [1.82, 2.24) is 15.2 Å². The van der Waals surface area contributed by atoms with Gasteiger partial charge in [-0.2, -0.15) is 10.2 Å². The van der Waals surface area contributed by atoms with Crippen LogP contribution in [0.15, 0.2) is 30.5 Å². The van der Waals surface area contributed by atoms with E-state index in [1.165, 1.54) is 0 Å². The molecule has 0 unspecified atom stereocenters. The van der Waals surface area contributed by atoms with Crippen molar-refractivity contribution in [3.05, 3.63) is 53.1 Å². The van der Waals surface area contributed by atoms with Crippen LogP contribution in [0.1, 0.15) is 27.4 Å². The van der Waals surface area contributed by atoms with E-state index in [0.29, 0.717) is 17.7 Å². The Hall–Kier alpha value is -2.10. The van der Waals surface area contributed by atoms with Gasteiger partial charge in [0, 0.05) is 17.5 Å². The molecule has 0 aliphatic heterocycles. The first kappa shape index (κ1) is 11.4. The second-order valence-corrected chi connectivity index (χ2v) is 3.91. The molecule has 2 aromatic heterocycles. The molecule has 0 saturated heterocycles. The Balaban J connectivity index is 2.23. The third-order valence-electron chi connectivity index (χ3n) is 2.47. The van der Waals surface area contributed by atoms with E-state index in [2.05, 4.69) is 15.2 Å². The Bertz CT molecular complexity index is 538. The summed E-state index contributed by atoms with van der Waals surface area (Å²) in [6.07, 6.45) is 1.98. The van der Waals surface area contributed by atoms with Crippen molar-refractivity contribution in [1.29, 1.82) is 0 Å². The lowest BCUT2D eigenvalue weighted by Crippen LogP contribution is -2.09. The van der Waals surface area contributed by atoms with E-state index >= 15 is 0 Å². The topological polar surface area (TPSA) is 55.7 Å². The molecule has 2 rings (SSSR count). The molecule has 0 aliphatic rings. The SMILES string of the molecule is Cc1cc(C(=O)Cc2ccccn2)c(C)nn1. The molecule has 4 nitrogen and oxygen atoms in total. The molecule has 0 N–H and O–H groups in total. The van der Waals surface area contributed by atoms with Crippen LogP contribution >= 0.6 is 0 Å². The van der Waals surface area contributed by atoms with Crippen LogP contribution in [-0.2, 0) is 6.42 Å². The Morgan fingerprint density at radius 3 is 2.76 bits per heavy atom. The number of carbonyl (C=O) groups excluding carboxylic acids is 1. The molecule has 0 fully saturated rings. The number of pyridine rings is 1. The number of ketones is 1. The molecule has 4 heteroatoms. The second-order valence-electron chi connectivity index (χ2n) is 3.91. The molecule has 0 saturated carbocycles. The number of carbonyl (C=O) groups is 1. The van der Waals surface area contributed by atoms with Crippen LogP contribution in [0, 0.1) is 13.8 Å². The smallest absolute Gasteiger partial charge is 0.170 e. The van der Waals surface area contributed by atoms with Gasteiger partial charge in [-0.25, -0.2) is 0 Å². The van der Waals surface area contributed by atoms with Crippen molar-refractivity contribution in [3.8, 4) is 0 Å². The van der Waals surface area contributed by atoms with Gasteiger partial charge in [-0.15, -0.1) is 0 Å². The van der Waals surface area contributed by atoms with Crippen molar-refractivity contribution in [2.75, 3.05) is 0 Å². The molecule has 0 spiro atoms. The molecule has 17 heavy (non-hydrogen) atoms. The molecular weight excluding hydrogens is 214 g/mol. The molecule has 0 radical (unpaired) electrons.